The van der Waals surface area contributed by atoms with Gasteiger partial charge in [-0.2, -0.15) is 16.9 Å². The minimum atomic E-state index is 0.152. The van der Waals surface area contributed by atoms with Gasteiger partial charge in [-0.25, -0.2) is 0 Å². The van der Waals surface area contributed by atoms with Crippen LogP contribution in [-0.4, -0.2) is 20.8 Å². The van der Waals surface area contributed by atoms with Crippen LogP contribution in [0, 0.1) is 0 Å². The molecule has 0 bridgehead atoms. The van der Waals surface area contributed by atoms with Crippen LogP contribution in [-0.2, 0) is 7.05 Å². The number of aromatic nitrogens is 2. The molecule has 1 saturated carbocycles. The highest BCUT2D eigenvalue weighted by atomic mass is 79.9. The van der Waals surface area contributed by atoms with Gasteiger partial charge in [-0.1, -0.05) is 19.3 Å². The zero-order valence-corrected chi connectivity index (χ0v) is 13.1. The molecule has 1 aromatic rings. The largest absolute Gasteiger partial charge is 0.271 e. The predicted molar refractivity (Wildman–Crippen MR) is 80.3 cm³/mol. The van der Waals surface area contributed by atoms with Crippen molar-refractivity contribution in [3.05, 3.63) is 16.4 Å². The number of hydrogen-bond acceptors (Lipinski definition) is 4. The zero-order chi connectivity index (χ0) is 13.0. The fourth-order valence-corrected chi connectivity index (χ4v) is 4.49. The average Bonchev–Trinajstić information content (AvgIpc) is 2.73. The first-order chi connectivity index (χ1) is 8.72. The van der Waals surface area contributed by atoms with Crippen molar-refractivity contribution in [2.75, 3.05) is 5.75 Å². The lowest BCUT2D eigenvalue weighted by Crippen LogP contribution is -2.32. The zero-order valence-electron chi connectivity index (χ0n) is 10.7. The van der Waals surface area contributed by atoms with Gasteiger partial charge >= 0.3 is 0 Å². The van der Waals surface area contributed by atoms with Crippen LogP contribution in [0.3, 0.4) is 0 Å². The Bertz CT molecular complexity index is 357. The number of nitrogens with two attached hydrogens (primary N) is 1. The Morgan fingerprint density at radius 2 is 2.28 bits per heavy atom. The highest BCUT2D eigenvalue weighted by Crippen LogP contribution is 2.32. The first-order valence-corrected chi connectivity index (χ1v) is 8.31. The second-order valence-electron chi connectivity index (χ2n) is 4.81. The molecule has 0 aromatic carbocycles. The molecule has 0 saturated heterocycles. The number of aryl methyl sites for hydroxylation is 1. The fourth-order valence-electron chi connectivity index (χ4n) is 2.48. The Morgan fingerprint density at radius 1 is 1.56 bits per heavy atom. The van der Waals surface area contributed by atoms with E-state index in [0.717, 1.165) is 21.2 Å². The molecule has 1 aliphatic rings. The Balaban J connectivity index is 1.93. The molecule has 2 rings (SSSR count). The van der Waals surface area contributed by atoms with Crippen molar-refractivity contribution in [3.8, 4) is 0 Å². The summed E-state index contributed by atoms with van der Waals surface area (Å²) in [5.74, 6) is 6.69. The summed E-state index contributed by atoms with van der Waals surface area (Å²) in [6.45, 7) is 0. The third kappa shape index (κ3) is 3.50. The summed E-state index contributed by atoms with van der Waals surface area (Å²) in [4.78, 5) is 0. The Hall–Kier alpha value is -0.0400. The molecule has 1 fully saturated rings. The van der Waals surface area contributed by atoms with Crippen molar-refractivity contribution in [3.63, 3.8) is 0 Å². The van der Waals surface area contributed by atoms with Crippen LogP contribution < -0.4 is 11.3 Å². The normalized spacial score (nSPS) is 19.1. The minimum Gasteiger partial charge on any atom is -0.271 e. The maximum Gasteiger partial charge on any atom is 0.0730 e. The first kappa shape index (κ1) is 14.4. The summed E-state index contributed by atoms with van der Waals surface area (Å²) in [6, 6.07) is 0.152. The van der Waals surface area contributed by atoms with E-state index in [1.807, 2.05) is 29.7 Å². The smallest absolute Gasteiger partial charge is 0.0730 e. The third-order valence-electron chi connectivity index (χ3n) is 3.52. The van der Waals surface area contributed by atoms with Gasteiger partial charge in [0, 0.05) is 18.1 Å². The monoisotopic (exact) mass is 332 g/mol. The lowest BCUT2D eigenvalue weighted by Gasteiger charge is -2.24. The Labute approximate surface area is 121 Å². The van der Waals surface area contributed by atoms with Gasteiger partial charge < -0.3 is 0 Å². The van der Waals surface area contributed by atoms with Gasteiger partial charge in [0.1, 0.15) is 0 Å². The van der Waals surface area contributed by atoms with Crippen LogP contribution in [0.4, 0.5) is 0 Å². The van der Waals surface area contributed by atoms with Crippen molar-refractivity contribution < 1.29 is 0 Å². The average molecular weight is 333 g/mol. The van der Waals surface area contributed by atoms with Crippen molar-refractivity contribution in [2.45, 2.75) is 43.4 Å². The van der Waals surface area contributed by atoms with E-state index in [-0.39, 0.29) is 6.04 Å². The molecular weight excluding hydrogens is 312 g/mol. The maximum atomic E-state index is 5.69. The molecule has 102 valence electrons. The molecule has 1 heterocycles. The molecule has 1 atom stereocenters. The van der Waals surface area contributed by atoms with Crippen LogP contribution in [0.15, 0.2) is 10.7 Å². The van der Waals surface area contributed by atoms with Gasteiger partial charge in [0.15, 0.2) is 0 Å². The van der Waals surface area contributed by atoms with E-state index >= 15 is 0 Å². The third-order valence-corrected chi connectivity index (χ3v) is 5.60. The Morgan fingerprint density at radius 3 is 2.83 bits per heavy atom. The summed E-state index contributed by atoms with van der Waals surface area (Å²) >= 11 is 5.58. The van der Waals surface area contributed by atoms with Gasteiger partial charge in [0.2, 0.25) is 0 Å². The summed E-state index contributed by atoms with van der Waals surface area (Å²) in [5.41, 5.74) is 4.04. The van der Waals surface area contributed by atoms with Crippen molar-refractivity contribution >= 4 is 27.7 Å². The number of thioether (sulfide) groups is 1. The van der Waals surface area contributed by atoms with Gasteiger partial charge in [0.05, 0.1) is 22.4 Å². The molecule has 6 heteroatoms. The van der Waals surface area contributed by atoms with Gasteiger partial charge in [0.25, 0.3) is 0 Å². The van der Waals surface area contributed by atoms with Gasteiger partial charge in [-0.15, -0.1) is 0 Å². The van der Waals surface area contributed by atoms with E-state index in [1.54, 1.807) is 0 Å². The second-order valence-corrected chi connectivity index (χ2v) is 7.00. The summed E-state index contributed by atoms with van der Waals surface area (Å²) in [7, 11) is 1.95. The molecular formula is C12H21BrN4S. The maximum absolute atomic E-state index is 5.69. The topological polar surface area (TPSA) is 55.9 Å². The number of hydrogen-bond donors (Lipinski definition) is 2. The SMILES string of the molecule is Cn1ncc(Br)c1C(CSC1CCCCC1)NN. The summed E-state index contributed by atoms with van der Waals surface area (Å²) in [5, 5.41) is 5.05. The number of rotatable bonds is 5. The highest BCUT2D eigenvalue weighted by Gasteiger charge is 2.21. The molecule has 1 unspecified atom stereocenters. The molecule has 1 aromatic heterocycles. The molecule has 4 nitrogen and oxygen atoms in total. The molecule has 0 amide bonds. The van der Waals surface area contributed by atoms with E-state index in [9.17, 15) is 0 Å². The lowest BCUT2D eigenvalue weighted by molar-refractivity contribution is 0.511. The predicted octanol–water partition coefficient (Wildman–Crippen LogP) is 2.75. The summed E-state index contributed by atoms with van der Waals surface area (Å²) in [6.07, 6.45) is 8.71. The number of halogens is 1. The summed E-state index contributed by atoms with van der Waals surface area (Å²) < 4.78 is 2.91. The van der Waals surface area contributed by atoms with E-state index in [2.05, 4.69) is 26.5 Å². The fraction of sp³-hybridized carbons (Fsp3) is 0.750. The molecule has 3 N–H and O–H groups in total. The van der Waals surface area contributed by atoms with E-state index in [4.69, 9.17) is 5.84 Å². The highest BCUT2D eigenvalue weighted by molar-refractivity contribution is 9.10. The van der Waals surface area contributed by atoms with E-state index in [0.29, 0.717) is 0 Å². The molecule has 0 radical (unpaired) electrons. The van der Waals surface area contributed by atoms with Gasteiger partial charge in [-0.05, 0) is 28.8 Å². The van der Waals surface area contributed by atoms with Crippen LogP contribution in [0.25, 0.3) is 0 Å². The van der Waals surface area contributed by atoms with Gasteiger partial charge in [-0.3, -0.25) is 16.0 Å². The quantitative estimate of drug-likeness (QED) is 0.643. The second kappa shape index (κ2) is 6.93. The van der Waals surface area contributed by atoms with Crippen LogP contribution in [0.1, 0.15) is 43.8 Å². The van der Waals surface area contributed by atoms with E-state index in [1.165, 1.54) is 32.1 Å². The van der Waals surface area contributed by atoms with Crippen molar-refractivity contribution in [1.29, 1.82) is 0 Å². The number of nitrogens with one attached hydrogen (secondary N) is 1. The Kier molecular flexibility index (Phi) is 5.54. The molecule has 0 aliphatic heterocycles. The lowest BCUT2D eigenvalue weighted by atomic mass is 10.0. The van der Waals surface area contributed by atoms with Crippen molar-refractivity contribution in [1.82, 2.24) is 15.2 Å². The van der Waals surface area contributed by atoms with Crippen LogP contribution >= 0.6 is 27.7 Å². The van der Waals surface area contributed by atoms with Crippen LogP contribution in [0.2, 0.25) is 0 Å². The van der Waals surface area contributed by atoms with Crippen LogP contribution in [0.5, 0.6) is 0 Å². The number of nitrogens with zero attached hydrogens (tertiary/aromatic N) is 2. The molecule has 1 aliphatic carbocycles. The standard InChI is InChI=1S/C12H21BrN4S/c1-17-12(10(13)7-15-17)11(16-14)8-18-9-5-3-2-4-6-9/h7,9,11,16H,2-6,8,14H2,1H3. The molecule has 0 spiro atoms. The minimum absolute atomic E-state index is 0.152. The first-order valence-electron chi connectivity index (χ1n) is 6.47. The number of hydrazine groups is 1. The molecule has 18 heavy (non-hydrogen) atoms. The van der Waals surface area contributed by atoms with Crippen molar-refractivity contribution in [2.24, 2.45) is 12.9 Å². The van der Waals surface area contributed by atoms with E-state index < -0.39 is 0 Å².